The van der Waals surface area contributed by atoms with Gasteiger partial charge in [-0.3, -0.25) is 9.59 Å². The molecule has 8 nitrogen and oxygen atoms in total. The van der Waals surface area contributed by atoms with E-state index in [0.29, 0.717) is 19.4 Å². The lowest BCUT2D eigenvalue weighted by atomic mass is 9.98. The molecular weight excluding hydrogens is 348 g/mol. The van der Waals surface area contributed by atoms with Gasteiger partial charge in [0.25, 0.3) is 0 Å². The zero-order chi connectivity index (χ0) is 20.4. The topological polar surface area (TPSA) is 148 Å². The molecule has 0 aliphatic heterocycles. The monoisotopic (exact) mass is 378 g/mol. The smallest absolute Gasteiger partial charge is 0.312 e. The molecule has 0 saturated carbocycles. The number of nitrogens with two attached hydrogens (primary N) is 2. The number of ketones is 1. The highest BCUT2D eigenvalue weighted by Crippen LogP contribution is 2.09. The number of carbonyl (C=O) groups excluding carboxylic acids is 3. The van der Waals surface area contributed by atoms with Gasteiger partial charge in [-0.05, 0) is 29.9 Å². The highest BCUT2D eigenvalue weighted by atomic mass is 16.3. The molecule has 8 heteroatoms. The molecule has 0 aliphatic carbocycles. The normalized spacial score (nSPS) is 13.1. The van der Waals surface area contributed by atoms with Gasteiger partial charge in [0.1, 0.15) is 0 Å². The zero-order valence-electron chi connectivity index (χ0n) is 15.9. The molecule has 0 bridgehead atoms. The Hall–Kier alpha value is -2.45. The number of hydrogen-bond donors (Lipinski definition) is 5. The van der Waals surface area contributed by atoms with Gasteiger partial charge in [-0.2, -0.15) is 0 Å². The van der Waals surface area contributed by atoms with Gasteiger partial charge in [0.05, 0.1) is 18.7 Å². The molecule has 0 aromatic heterocycles. The van der Waals surface area contributed by atoms with E-state index < -0.39 is 18.1 Å². The Morgan fingerprint density at radius 3 is 2.22 bits per heavy atom. The van der Waals surface area contributed by atoms with Gasteiger partial charge >= 0.3 is 6.03 Å². The summed E-state index contributed by atoms with van der Waals surface area (Å²) in [5, 5.41) is 14.3. The number of amides is 3. The standard InChI is InChI=1S/C19H30N4O4/c1-12(2)17(20)18(26)23-15(4-3-9-22-19(21)27)16(25)10-13-5-7-14(11-24)8-6-13/h5-8,12,15,17,24H,3-4,9-11,20H2,1-2H3,(H,23,26)(H3,21,22,27)/t15-,17+/m1/s1. The molecule has 0 fully saturated rings. The number of aliphatic hydroxyl groups excluding tert-OH is 1. The van der Waals surface area contributed by atoms with Gasteiger partial charge in [-0.15, -0.1) is 0 Å². The van der Waals surface area contributed by atoms with E-state index in [0.717, 1.165) is 11.1 Å². The number of primary amides is 1. The largest absolute Gasteiger partial charge is 0.392 e. The van der Waals surface area contributed by atoms with E-state index in [2.05, 4.69) is 10.6 Å². The van der Waals surface area contributed by atoms with Crippen LogP contribution in [0, 0.1) is 5.92 Å². The molecule has 27 heavy (non-hydrogen) atoms. The fourth-order valence-corrected chi connectivity index (χ4v) is 2.49. The maximum Gasteiger partial charge on any atom is 0.312 e. The molecule has 7 N–H and O–H groups in total. The Kier molecular flexibility index (Phi) is 9.46. The highest BCUT2D eigenvalue weighted by Gasteiger charge is 2.25. The summed E-state index contributed by atoms with van der Waals surface area (Å²) in [4.78, 5) is 35.7. The van der Waals surface area contributed by atoms with E-state index in [1.807, 2.05) is 13.8 Å². The third-order valence-electron chi connectivity index (χ3n) is 4.28. The number of nitrogens with one attached hydrogen (secondary N) is 2. The SMILES string of the molecule is CC(C)[C@H](N)C(=O)N[C@H](CCCNC(N)=O)C(=O)Cc1ccc(CO)cc1. The van der Waals surface area contributed by atoms with Crippen molar-refractivity contribution < 1.29 is 19.5 Å². The molecule has 3 amide bonds. The number of benzene rings is 1. The first-order valence-electron chi connectivity index (χ1n) is 9.05. The third-order valence-corrected chi connectivity index (χ3v) is 4.28. The van der Waals surface area contributed by atoms with Crippen LogP contribution in [-0.2, 0) is 22.6 Å². The summed E-state index contributed by atoms with van der Waals surface area (Å²) >= 11 is 0. The Bertz CT molecular complexity index is 631. The molecule has 0 radical (unpaired) electrons. The zero-order valence-corrected chi connectivity index (χ0v) is 15.9. The molecule has 150 valence electrons. The second-order valence-electron chi connectivity index (χ2n) is 6.88. The van der Waals surface area contributed by atoms with Gasteiger partial charge < -0.3 is 27.2 Å². The quantitative estimate of drug-likeness (QED) is 0.349. The van der Waals surface area contributed by atoms with E-state index in [4.69, 9.17) is 16.6 Å². The lowest BCUT2D eigenvalue weighted by molar-refractivity contribution is -0.129. The Morgan fingerprint density at radius 1 is 1.11 bits per heavy atom. The van der Waals surface area contributed by atoms with Crippen LogP contribution >= 0.6 is 0 Å². The van der Waals surface area contributed by atoms with Crippen LogP contribution < -0.4 is 22.1 Å². The summed E-state index contributed by atoms with van der Waals surface area (Å²) in [6, 6.07) is 5.02. The Labute approximate surface area is 159 Å². The summed E-state index contributed by atoms with van der Waals surface area (Å²) in [5.74, 6) is -0.569. The van der Waals surface area contributed by atoms with Crippen LogP contribution in [0.2, 0.25) is 0 Å². The minimum Gasteiger partial charge on any atom is -0.392 e. The van der Waals surface area contributed by atoms with E-state index in [-0.39, 0.29) is 30.6 Å². The number of urea groups is 1. The van der Waals surface area contributed by atoms with Gasteiger partial charge in [-0.25, -0.2) is 4.79 Å². The van der Waals surface area contributed by atoms with Crippen LogP contribution in [0.25, 0.3) is 0 Å². The fourth-order valence-electron chi connectivity index (χ4n) is 2.49. The molecule has 0 aliphatic rings. The number of rotatable bonds is 11. The first-order chi connectivity index (χ1) is 12.7. The Balaban J connectivity index is 2.75. The molecule has 1 rings (SSSR count). The van der Waals surface area contributed by atoms with Crippen LogP contribution in [-0.4, -0.2) is 41.5 Å². The summed E-state index contributed by atoms with van der Waals surface area (Å²) in [7, 11) is 0. The van der Waals surface area contributed by atoms with Crippen molar-refractivity contribution in [1.29, 1.82) is 0 Å². The van der Waals surface area contributed by atoms with Crippen LogP contribution in [0.4, 0.5) is 4.79 Å². The van der Waals surface area contributed by atoms with Crippen LogP contribution in [0.5, 0.6) is 0 Å². The lowest BCUT2D eigenvalue weighted by Gasteiger charge is -2.22. The average molecular weight is 378 g/mol. The predicted molar refractivity (Wildman–Crippen MR) is 103 cm³/mol. The first-order valence-corrected chi connectivity index (χ1v) is 9.05. The summed E-state index contributed by atoms with van der Waals surface area (Å²) in [6.07, 6.45) is 1.00. The van der Waals surface area contributed by atoms with Crippen molar-refractivity contribution in [3.8, 4) is 0 Å². The maximum absolute atomic E-state index is 12.7. The molecule has 0 unspecified atom stereocenters. The molecule has 2 atom stereocenters. The first kappa shape index (κ1) is 22.6. The van der Waals surface area contributed by atoms with E-state index >= 15 is 0 Å². The van der Waals surface area contributed by atoms with Crippen molar-refractivity contribution >= 4 is 17.7 Å². The van der Waals surface area contributed by atoms with Crippen molar-refractivity contribution in [1.82, 2.24) is 10.6 Å². The highest BCUT2D eigenvalue weighted by molar-refractivity contribution is 5.92. The van der Waals surface area contributed by atoms with Crippen molar-refractivity contribution in [3.63, 3.8) is 0 Å². The predicted octanol–water partition coefficient (Wildman–Crippen LogP) is 0.207. The molecule has 1 aromatic rings. The second kappa shape index (κ2) is 11.3. The molecule has 0 heterocycles. The lowest BCUT2D eigenvalue weighted by Crippen LogP contribution is -2.50. The van der Waals surface area contributed by atoms with Crippen LogP contribution in [0.1, 0.15) is 37.8 Å². The molecule has 0 saturated heterocycles. The minimum absolute atomic E-state index is 0.0525. The van der Waals surface area contributed by atoms with Crippen molar-refractivity contribution in [2.24, 2.45) is 17.4 Å². The van der Waals surface area contributed by atoms with Gasteiger partial charge in [-0.1, -0.05) is 38.1 Å². The van der Waals surface area contributed by atoms with E-state index in [1.54, 1.807) is 24.3 Å². The van der Waals surface area contributed by atoms with Crippen molar-refractivity contribution in [2.75, 3.05) is 6.54 Å². The molecular formula is C19H30N4O4. The fraction of sp³-hybridized carbons (Fsp3) is 0.526. The number of aliphatic hydroxyl groups is 1. The summed E-state index contributed by atoms with van der Waals surface area (Å²) in [5.41, 5.74) is 12.4. The maximum atomic E-state index is 12.7. The minimum atomic E-state index is -0.701. The number of Topliss-reactive ketones (excluding diaryl/α,β-unsaturated/α-hetero) is 1. The molecule has 1 aromatic carbocycles. The van der Waals surface area contributed by atoms with Crippen LogP contribution in [0.3, 0.4) is 0 Å². The van der Waals surface area contributed by atoms with Gasteiger partial charge in [0.2, 0.25) is 5.91 Å². The second-order valence-corrected chi connectivity index (χ2v) is 6.88. The Morgan fingerprint density at radius 2 is 1.70 bits per heavy atom. The van der Waals surface area contributed by atoms with Gasteiger partial charge in [0, 0.05) is 13.0 Å². The number of carbonyl (C=O) groups is 3. The number of hydrogen-bond acceptors (Lipinski definition) is 5. The van der Waals surface area contributed by atoms with Crippen LogP contribution in [0.15, 0.2) is 24.3 Å². The summed E-state index contributed by atoms with van der Waals surface area (Å²) in [6.45, 7) is 3.92. The van der Waals surface area contributed by atoms with Gasteiger partial charge in [0.15, 0.2) is 5.78 Å². The summed E-state index contributed by atoms with van der Waals surface area (Å²) < 4.78 is 0. The molecule has 0 spiro atoms. The third kappa shape index (κ3) is 8.19. The average Bonchev–Trinajstić information content (AvgIpc) is 2.63. The van der Waals surface area contributed by atoms with Crippen molar-refractivity contribution in [3.05, 3.63) is 35.4 Å². The van der Waals surface area contributed by atoms with Crippen molar-refractivity contribution in [2.45, 2.75) is 51.8 Å². The van der Waals surface area contributed by atoms with E-state index in [9.17, 15) is 14.4 Å². The van der Waals surface area contributed by atoms with E-state index in [1.165, 1.54) is 0 Å².